The third-order valence-corrected chi connectivity index (χ3v) is 13.6. The van der Waals surface area contributed by atoms with Crippen LogP contribution in [0.5, 0.6) is 0 Å². The zero-order valence-electron chi connectivity index (χ0n) is 35.1. The predicted octanol–water partition coefficient (Wildman–Crippen LogP) is 13.5. The Kier molecular flexibility index (Phi) is 8.04. The quantitative estimate of drug-likeness (QED) is 0.123. The maximum absolute atomic E-state index is 6.46. The normalized spacial score (nSPS) is 14.5. The molecule has 294 valence electrons. The van der Waals surface area contributed by atoms with Crippen LogP contribution in [0.1, 0.15) is 37.5 Å². The first-order chi connectivity index (χ1) is 30.4. The van der Waals surface area contributed by atoms with E-state index in [4.69, 9.17) is 11.0 Å². The van der Waals surface area contributed by atoms with Crippen LogP contribution >= 0.6 is 0 Å². The first-order valence-corrected chi connectivity index (χ1v) is 21.6. The molecule has 0 N–H and O–H groups in total. The second-order valence-corrected chi connectivity index (χ2v) is 17.2. The van der Waals surface area contributed by atoms with Gasteiger partial charge in [-0.1, -0.05) is 166 Å². The van der Waals surface area contributed by atoms with Gasteiger partial charge in [-0.25, -0.2) is 0 Å². The number of fused-ring (bicyclic) bond motifs is 10. The molecule has 2 aliphatic heterocycles. The van der Waals surface area contributed by atoms with E-state index in [1.165, 1.54) is 61.1 Å². The zero-order valence-corrected chi connectivity index (χ0v) is 35.1. The number of anilines is 5. The summed E-state index contributed by atoms with van der Waals surface area (Å²) in [6.07, 6.45) is 6.49. The Hall–Kier alpha value is -7.56. The topological polar surface area (TPSA) is 19.6 Å². The van der Waals surface area contributed by atoms with Crippen LogP contribution in [0.3, 0.4) is 0 Å². The minimum atomic E-state index is -0.0938. The lowest BCUT2D eigenvalue weighted by Gasteiger charge is -2.44. The fraction of sp³-hybridized carbons (Fsp3) is 0.0690. The van der Waals surface area contributed by atoms with E-state index in [0.717, 1.165) is 55.8 Å². The highest BCUT2D eigenvalue weighted by Gasteiger charge is 2.43. The molecule has 0 bridgehead atoms. The van der Waals surface area contributed by atoms with Gasteiger partial charge < -0.3 is 14.2 Å². The van der Waals surface area contributed by atoms with Crippen LogP contribution in [0.15, 0.2) is 211 Å². The molecule has 3 heterocycles. The van der Waals surface area contributed by atoms with Crippen molar-refractivity contribution in [3.05, 3.63) is 223 Å². The molecular weight excluding hydrogens is 751 g/mol. The molecule has 8 aromatic carbocycles. The molecular formula is C58H43BN2O. The summed E-state index contributed by atoms with van der Waals surface area (Å²) in [6.45, 7) is 11.6. The number of allylic oxidation sites excluding steroid dienone is 4. The fourth-order valence-corrected chi connectivity index (χ4v) is 10.9. The average Bonchev–Trinajstić information content (AvgIpc) is 3.81. The molecule has 0 spiro atoms. The number of hydrogen-bond acceptors (Lipinski definition) is 3. The molecule has 0 atom stereocenters. The number of nitrogens with zero attached hydrogens (tertiary/aromatic N) is 2. The standard InChI is InChI=1S/C58H43BN2O/c1-5-38(42-20-15-22-46-44-18-7-13-30-54(44)62-57(42)46)32-31-37(2)60-50-26-11-9-24-48(50)59-49-25-10-12-27-51(49)61(53-29-16-28-52(60)56(53)59)40-35-33-39(34-36-40)41-19-14-21-45-43-17-6-8-23-47(43)58(3,4)55(41)45/h5-36H,2H2,1,3-4H3/b32-31-,38-5+. The lowest BCUT2D eigenvalue weighted by atomic mass is 9.33. The summed E-state index contributed by atoms with van der Waals surface area (Å²) >= 11 is 0. The third-order valence-electron chi connectivity index (χ3n) is 13.6. The Morgan fingerprint density at radius 2 is 1.21 bits per heavy atom. The van der Waals surface area contributed by atoms with Crippen molar-refractivity contribution in [1.29, 1.82) is 0 Å². The lowest BCUT2D eigenvalue weighted by Crippen LogP contribution is -2.61. The smallest absolute Gasteiger partial charge is 0.252 e. The van der Waals surface area contributed by atoms with E-state index in [9.17, 15) is 0 Å². The molecule has 0 unspecified atom stereocenters. The molecule has 3 aliphatic rings. The van der Waals surface area contributed by atoms with Crippen LogP contribution in [0.4, 0.5) is 28.4 Å². The maximum atomic E-state index is 6.46. The van der Waals surface area contributed by atoms with Gasteiger partial charge in [0.05, 0.1) is 0 Å². The molecule has 12 rings (SSSR count). The lowest BCUT2D eigenvalue weighted by molar-refractivity contribution is 0.662. The molecule has 9 aromatic rings. The van der Waals surface area contributed by atoms with Gasteiger partial charge in [-0.05, 0) is 111 Å². The number of furan rings is 1. The number of hydrogen-bond donors (Lipinski definition) is 0. The van der Waals surface area contributed by atoms with Gasteiger partial charge in [0.15, 0.2) is 0 Å². The van der Waals surface area contributed by atoms with Gasteiger partial charge in [0.25, 0.3) is 6.71 Å². The highest BCUT2D eigenvalue weighted by atomic mass is 16.3. The highest BCUT2D eigenvalue weighted by molar-refractivity contribution is 7.00. The first kappa shape index (κ1) is 36.3. The van der Waals surface area contributed by atoms with Crippen molar-refractivity contribution in [3.8, 4) is 22.3 Å². The molecule has 0 saturated heterocycles. The van der Waals surface area contributed by atoms with Gasteiger partial charge >= 0.3 is 0 Å². The largest absolute Gasteiger partial charge is 0.455 e. The van der Waals surface area contributed by atoms with Crippen molar-refractivity contribution >= 4 is 79.0 Å². The van der Waals surface area contributed by atoms with Crippen molar-refractivity contribution < 1.29 is 4.42 Å². The van der Waals surface area contributed by atoms with Crippen LogP contribution in [0, 0.1) is 0 Å². The minimum absolute atomic E-state index is 0.0599. The molecule has 62 heavy (non-hydrogen) atoms. The van der Waals surface area contributed by atoms with Gasteiger partial charge in [0.1, 0.15) is 11.2 Å². The fourth-order valence-electron chi connectivity index (χ4n) is 10.9. The molecule has 4 heteroatoms. The summed E-state index contributed by atoms with van der Waals surface area (Å²) < 4.78 is 6.46. The molecule has 0 radical (unpaired) electrons. The number of rotatable bonds is 6. The second-order valence-electron chi connectivity index (χ2n) is 17.2. The molecule has 0 amide bonds. The van der Waals surface area contributed by atoms with Crippen LogP contribution in [-0.4, -0.2) is 6.71 Å². The Balaban J connectivity index is 0.951. The molecule has 1 aliphatic carbocycles. The average molecular weight is 795 g/mol. The summed E-state index contributed by atoms with van der Waals surface area (Å²) in [5.74, 6) is 0. The Morgan fingerprint density at radius 1 is 0.581 bits per heavy atom. The van der Waals surface area contributed by atoms with E-state index in [1.54, 1.807) is 0 Å². The van der Waals surface area contributed by atoms with Gasteiger partial charge in [0, 0.05) is 55.9 Å². The van der Waals surface area contributed by atoms with E-state index in [1.807, 2.05) is 12.1 Å². The first-order valence-electron chi connectivity index (χ1n) is 21.6. The van der Waals surface area contributed by atoms with Gasteiger partial charge in [-0.2, -0.15) is 0 Å². The Morgan fingerprint density at radius 3 is 2.05 bits per heavy atom. The molecule has 3 nitrogen and oxygen atoms in total. The van der Waals surface area contributed by atoms with E-state index in [2.05, 4.69) is 213 Å². The van der Waals surface area contributed by atoms with Gasteiger partial charge in [-0.15, -0.1) is 0 Å². The number of para-hydroxylation sites is 4. The Bertz CT molecular complexity index is 3380. The molecule has 0 saturated carbocycles. The maximum Gasteiger partial charge on any atom is 0.252 e. The van der Waals surface area contributed by atoms with Gasteiger partial charge in [0.2, 0.25) is 0 Å². The van der Waals surface area contributed by atoms with Crippen LogP contribution in [0.2, 0.25) is 0 Å². The van der Waals surface area contributed by atoms with Gasteiger partial charge in [-0.3, -0.25) is 0 Å². The Labute approximate surface area is 363 Å². The summed E-state index contributed by atoms with van der Waals surface area (Å²) in [7, 11) is 0. The van der Waals surface area contributed by atoms with Crippen LogP contribution in [0.25, 0.3) is 49.8 Å². The van der Waals surface area contributed by atoms with E-state index in [0.29, 0.717) is 0 Å². The molecule has 0 fully saturated rings. The highest BCUT2D eigenvalue weighted by Crippen LogP contribution is 2.52. The SMILES string of the molecule is C=C(/C=C\C(=C/C)c1cccc2c1oc1ccccc12)N1c2ccccc2B2c3ccccc3N(c3ccc(-c4cccc5c4C(C)(C)c4ccccc4-5)cc3)c3cccc1c32. The number of benzene rings is 8. The predicted molar refractivity (Wildman–Crippen MR) is 263 cm³/mol. The third kappa shape index (κ3) is 5.20. The summed E-state index contributed by atoms with van der Waals surface area (Å²) in [5.41, 5.74) is 22.3. The van der Waals surface area contributed by atoms with E-state index >= 15 is 0 Å². The van der Waals surface area contributed by atoms with E-state index in [-0.39, 0.29) is 12.1 Å². The second kappa shape index (κ2) is 13.7. The van der Waals surface area contributed by atoms with Crippen LogP contribution < -0.4 is 26.2 Å². The summed E-state index contributed by atoms with van der Waals surface area (Å²) in [6, 6.07) is 64.1. The van der Waals surface area contributed by atoms with Crippen molar-refractivity contribution in [2.24, 2.45) is 0 Å². The summed E-state index contributed by atoms with van der Waals surface area (Å²) in [4.78, 5) is 4.81. The summed E-state index contributed by atoms with van der Waals surface area (Å²) in [5, 5.41) is 2.25. The molecule has 1 aromatic heterocycles. The minimum Gasteiger partial charge on any atom is -0.455 e. The zero-order chi connectivity index (χ0) is 41.7. The van der Waals surface area contributed by atoms with Crippen LogP contribution in [-0.2, 0) is 5.41 Å². The monoisotopic (exact) mass is 794 g/mol. The van der Waals surface area contributed by atoms with Crippen molar-refractivity contribution in [2.45, 2.75) is 26.2 Å². The van der Waals surface area contributed by atoms with Crippen molar-refractivity contribution in [2.75, 3.05) is 9.80 Å². The van der Waals surface area contributed by atoms with E-state index < -0.39 is 0 Å². The van der Waals surface area contributed by atoms with Crippen molar-refractivity contribution in [1.82, 2.24) is 0 Å². The van der Waals surface area contributed by atoms with Crippen molar-refractivity contribution in [3.63, 3.8) is 0 Å².